The number of hydrogen-bond acceptors (Lipinski definition) is 6. The molecule has 1 amide bonds. The Balaban J connectivity index is 1.42. The highest BCUT2D eigenvalue weighted by molar-refractivity contribution is 7.09. The van der Waals surface area contributed by atoms with Crippen LogP contribution in [0.25, 0.3) is 11.0 Å². The Morgan fingerprint density at radius 3 is 3.00 bits per heavy atom. The number of rotatable bonds is 7. The van der Waals surface area contributed by atoms with Gasteiger partial charge in [-0.2, -0.15) is 5.10 Å². The van der Waals surface area contributed by atoms with E-state index in [0.29, 0.717) is 18.7 Å². The van der Waals surface area contributed by atoms with Gasteiger partial charge in [-0.05, 0) is 37.4 Å². The Morgan fingerprint density at radius 2 is 2.21 bits per heavy atom. The van der Waals surface area contributed by atoms with Crippen LogP contribution in [0.4, 0.5) is 0 Å². The zero-order valence-electron chi connectivity index (χ0n) is 16.1. The van der Waals surface area contributed by atoms with Crippen molar-refractivity contribution in [3.63, 3.8) is 0 Å². The standard InChI is InChI=1S/C20H25N5O2S/c1-15-12-17(20(26)21-5-3-6-24-7-9-27-10-8-24)18-13-22-25(19(18)23-15)14-16-4-2-11-28-16/h2,4,11-13H,3,5-10,14H2,1H3,(H,21,26). The lowest BCUT2D eigenvalue weighted by Crippen LogP contribution is -2.38. The van der Waals surface area contributed by atoms with Gasteiger partial charge in [-0.1, -0.05) is 6.07 Å². The second-order valence-electron chi connectivity index (χ2n) is 6.99. The zero-order chi connectivity index (χ0) is 19.3. The van der Waals surface area contributed by atoms with Crippen molar-refractivity contribution in [3.05, 3.63) is 45.9 Å². The number of carbonyl (C=O) groups is 1. The van der Waals surface area contributed by atoms with Crippen molar-refractivity contribution in [1.82, 2.24) is 25.0 Å². The molecule has 8 heteroatoms. The van der Waals surface area contributed by atoms with Gasteiger partial charge >= 0.3 is 0 Å². The molecule has 0 spiro atoms. The molecule has 1 aliphatic rings. The molecule has 0 aliphatic carbocycles. The van der Waals surface area contributed by atoms with Crippen molar-refractivity contribution < 1.29 is 9.53 Å². The Bertz CT molecular complexity index is 932. The third-order valence-corrected chi connectivity index (χ3v) is 5.77. The Hall–Kier alpha value is -2.29. The molecule has 4 rings (SSSR count). The maximum Gasteiger partial charge on any atom is 0.252 e. The molecule has 1 N–H and O–H groups in total. The minimum absolute atomic E-state index is 0.0619. The summed E-state index contributed by atoms with van der Waals surface area (Å²) < 4.78 is 7.23. The molecule has 0 saturated carbocycles. The number of carbonyl (C=O) groups excluding carboxylic acids is 1. The van der Waals surface area contributed by atoms with E-state index in [0.717, 1.165) is 56.0 Å². The number of nitrogens with zero attached hydrogens (tertiary/aromatic N) is 4. The minimum Gasteiger partial charge on any atom is -0.379 e. The lowest BCUT2D eigenvalue weighted by molar-refractivity contribution is 0.0374. The largest absolute Gasteiger partial charge is 0.379 e. The molecule has 4 heterocycles. The molecule has 0 atom stereocenters. The fraction of sp³-hybridized carbons (Fsp3) is 0.450. The molecule has 1 aliphatic heterocycles. The van der Waals surface area contributed by atoms with Crippen LogP contribution in [0, 0.1) is 6.92 Å². The second-order valence-corrected chi connectivity index (χ2v) is 8.03. The van der Waals surface area contributed by atoms with Crippen LogP contribution >= 0.6 is 11.3 Å². The van der Waals surface area contributed by atoms with Crippen LogP contribution in [0.5, 0.6) is 0 Å². The topological polar surface area (TPSA) is 72.3 Å². The van der Waals surface area contributed by atoms with Gasteiger partial charge in [-0.3, -0.25) is 9.69 Å². The molecule has 0 bridgehead atoms. The van der Waals surface area contributed by atoms with E-state index in [1.165, 1.54) is 4.88 Å². The number of fused-ring (bicyclic) bond motifs is 1. The van der Waals surface area contributed by atoms with Crippen molar-refractivity contribution in [1.29, 1.82) is 0 Å². The third kappa shape index (κ3) is 4.40. The predicted molar refractivity (Wildman–Crippen MR) is 110 cm³/mol. The first-order valence-electron chi connectivity index (χ1n) is 9.64. The van der Waals surface area contributed by atoms with E-state index >= 15 is 0 Å². The average Bonchev–Trinajstić information content (AvgIpc) is 3.36. The van der Waals surface area contributed by atoms with E-state index in [9.17, 15) is 4.79 Å². The van der Waals surface area contributed by atoms with Gasteiger partial charge in [0.15, 0.2) is 5.65 Å². The van der Waals surface area contributed by atoms with Gasteiger partial charge in [-0.25, -0.2) is 9.67 Å². The number of nitrogens with one attached hydrogen (secondary N) is 1. The van der Waals surface area contributed by atoms with Crippen LogP contribution in [0.15, 0.2) is 29.8 Å². The van der Waals surface area contributed by atoms with Crippen molar-refractivity contribution in [2.45, 2.75) is 19.9 Å². The lowest BCUT2D eigenvalue weighted by atomic mass is 10.1. The molecule has 0 unspecified atom stereocenters. The first kappa shape index (κ1) is 19.0. The van der Waals surface area contributed by atoms with E-state index in [1.807, 2.05) is 23.7 Å². The number of thiophene rings is 1. The Kier molecular flexibility index (Phi) is 5.99. The first-order chi connectivity index (χ1) is 13.7. The fourth-order valence-electron chi connectivity index (χ4n) is 3.45. The molecular weight excluding hydrogens is 374 g/mol. The number of hydrogen-bond donors (Lipinski definition) is 1. The molecule has 1 saturated heterocycles. The molecule has 28 heavy (non-hydrogen) atoms. The summed E-state index contributed by atoms with van der Waals surface area (Å²) in [5.41, 5.74) is 2.22. The highest BCUT2D eigenvalue weighted by Gasteiger charge is 2.16. The number of morpholine rings is 1. The van der Waals surface area contributed by atoms with Crippen LogP contribution < -0.4 is 5.32 Å². The number of amides is 1. The van der Waals surface area contributed by atoms with Gasteiger partial charge in [-0.15, -0.1) is 11.3 Å². The maximum absolute atomic E-state index is 12.8. The zero-order valence-corrected chi connectivity index (χ0v) is 16.9. The highest BCUT2D eigenvalue weighted by Crippen LogP contribution is 2.20. The molecule has 1 fully saturated rings. The second kappa shape index (κ2) is 8.81. The average molecular weight is 400 g/mol. The van der Waals surface area contributed by atoms with Crippen LogP contribution in [-0.4, -0.2) is 65.0 Å². The number of ether oxygens (including phenoxy) is 1. The Morgan fingerprint density at radius 1 is 1.36 bits per heavy atom. The summed E-state index contributed by atoms with van der Waals surface area (Å²) in [6.07, 6.45) is 2.68. The Labute approximate surface area is 168 Å². The first-order valence-corrected chi connectivity index (χ1v) is 10.5. The number of aromatic nitrogens is 3. The van der Waals surface area contributed by atoms with Crippen molar-refractivity contribution in [2.24, 2.45) is 0 Å². The summed E-state index contributed by atoms with van der Waals surface area (Å²) in [5.74, 6) is -0.0619. The predicted octanol–water partition coefficient (Wildman–Crippen LogP) is 2.30. The van der Waals surface area contributed by atoms with Crippen LogP contribution in [0.3, 0.4) is 0 Å². The van der Waals surface area contributed by atoms with Gasteiger partial charge < -0.3 is 10.1 Å². The van der Waals surface area contributed by atoms with Gasteiger partial charge in [0.25, 0.3) is 5.91 Å². The van der Waals surface area contributed by atoms with Crippen LogP contribution in [0.1, 0.15) is 27.3 Å². The summed E-state index contributed by atoms with van der Waals surface area (Å²) >= 11 is 1.69. The van der Waals surface area contributed by atoms with Crippen molar-refractivity contribution in [2.75, 3.05) is 39.4 Å². The highest BCUT2D eigenvalue weighted by atomic mass is 32.1. The molecule has 0 aromatic carbocycles. The molecular formula is C20H25N5O2S. The van der Waals surface area contributed by atoms with E-state index in [1.54, 1.807) is 17.5 Å². The van der Waals surface area contributed by atoms with E-state index in [4.69, 9.17) is 4.74 Å². The molecule has 3 aromatic rings. The molecule has 3 aromatic heterocycles. The number of pyridine rings is 1. The SMILES string of the molecule is Cc1cc(C(=O)NCCCN2CCOCC2)c2cnn(Cc3cccs3)c2n1. The smallest absolute Gasteiger partial charge is 0.252 e. The summed E-state index contributed by atoms with van der Waals surface area (Å²) in [4.78, 5) is 21.0. The quantitative estimate of drug-likeness (QED) is 0.617. The van der Waals surface area contributed by atoms with Crippen molar-refractivity contribution in [3.8, 4) is 0 Å². The lowest BCUT2D eigenvalue weighted by Gasteiger charge is -2.26. The van der Waals surface area contributed by atoms with Gasteiger partial charge in [0.05, 0.1) is 36.9 Å². The summed E-state index contributed by atoms with van der Waals surface area (Å²) in [6.45, 7) is 7.76. The normalized spacial score (nSPS) is 15.2. The number of aryl methyl sites for hydroxylation is 1. The van der Waals surface area contributed by atoms with Gasteiger partial charge in [0.1, 0.15) is 0 Å². The monoisotopic (exact) mass is 399 g/mol. The van der Waals surface area contributed by atoms with E-state index in [-0.39, 0.29) is 5.91 Å². The maximum atomic E-state index is 12.8. The van der Waals surface area contributed by atoms with Gasteiger partial charge in [0, 0.05) is 30.2 Å². The third-order valence-electron chi connectivity index (χ3n) is 4.91. The van der Waals surface area contributed by atoms with E-state index < -0.39 is 0 Å². The molecule has 7 nitrogen and oxygen atoms in total. The summed E-state index contributed by atoms with van der Waals surface area (Å²) in [7, 11) is 0. The van der Waals surface area contributed by atoms with E-state index in [2.05, 4.69) is 31.7 Å². The molecule has 0 radical (unpaired) electrons. The van der Waals surface area contributed by atoms with Crippen molar-refractivity contribution >= 4 is 28.3 Å². The minimum atomic E-state index is -0.0619. The van der Waals surface area contributed by atoms with Crippen LogP contribution in [-0.2, 0) is 11.3 Å². The van der Waals surface area contributed by atoms with Crippen LogP contribution in [0.2, 0.25) is 0 Å². The summed E-state index contributed by atoms with van der Waals surface area (Å²) in [5, 5.41) is 10.4. The molecule has 148 valence electrons. The summed E-state index contributed by atoms with van der Waals surface area (Å²) in [6, 6.07) is 5.95. The van der Waals surface area contributed by atoms with Gasteiger partial charge in [0.2, 0.25) is 0 Å². The fourth-order valence-corrected chi connectivity index (χ4v) is 4.14.